The molecule has 1 aliphatic heterocycles. The summed E-state index contributed by atoms with van der Waals surface area (Å²) in [6.07, 6.45) is -0.172. The van der Waals surface area contributed by atoms with Crippen molar-refractivity contribution in [3.05, 3.63) is 0 Å². The Bertz CT molecular complexity index is 111. The minimum atomic E-state index is -0.398. The molecule has 1 atom stereocenters. The first kappa shape index (κ1) is 6.35. The molecule has 0 radical (unpaired) electrons. The molecule has 1 amide bonds. The molecule has 52 valence electrons. The highest BCUT2D eigenvalue weighted by atomic mass is 16.6. The molecule has 0 aromatic rings. The zero-order valence-electron chi connectivity index (χ0n) is 5.22. The Labute approximate surface area is 53.1 Å². The summed E-state index contributed by atoms with van der Waals surface area (Å²) in [6.45, 7) is 1.32. The summed E-state index contributed by atoms with van der Waals surface area (Å²) < 4.78 is 9.16. The van der Waals surface area contributed by atoms with E-state index in [1.165, 1.54) is 7.11 Å². The number of epoxide rings is 1. The van der Waals surface area contributed by atoms with Crippen molar-refractivity contribution in [1.82, 2.24) is 5.32 Å². The van der Waals surface area contributed by atoms with Crippen LogP contribution in [0.3, 0.4) is 0 Å². The van der Waals surface area contributed by atoms with Crippen LogP contribution in [0.25, 0.3) is 0 Å². The number of ether oxygens (including phenoxy) is 2. The van der Waals surface area contributed by atoms with E-state index in [4.69, 9.17) is 4.74 Å². The summed E-state index contributed by atoms with van der Waals surface area (Å²) in [4.78, 5) is 10.4. The van der Waals surface area contributed by atoms with Crippen molar-refractivity contribution in [2.75, 3.05) is 20.3 Å². The Morgan fingerprint density at radius 2 is 2.67 bits per heavy atom. The summed E-state index contributed by atoms with van der Waals surface area (Å²) >= 11 is 0. The first-order valence-corrected chi connectivity index (χ1v) is 2.76. The maximum Gasteiger partial charge on any atom is 0.406 e. The van der Waals surface area contributed by atoms with Gasteiger partial charge in [0.05, 0.1) is 19.8 Å². The molecular weight excluding hydrogens is 122 g/mol. The van der Waals surface area contributed by atoms with Crippen molar-refractivity contribution >= 4 is 6.09 Å². The van der Waals surface area contributed by atoms with Gasteiger partial charge in [0.1, 0.15) is 0 Å². The quantitative estimate of drug-likeness (QED) is 0.525. The van der Waals surface area contributed by atoms with Crippen molar-refractivity contribution in [1.29, 1.82) is 0 Å². The number of alkyl carbamates (subject to hydrolysis) is 1. The van der Waals surface area contributed by atoms with Crippen LogP contribution in [0.5, 0.6) is 0 Å². The second kappa shape index (κ2) is 2.68. The van der Waals surface area contributed by atoms with Crippen molar-refractivity contribution in [2.45, 2.75) is 6.10 Å². The van der Waals surface area contributed by atoms with Crippen molar-refractivity contribution < 1.29 is 14.3 Å². The molecule has 0 saturated carbocycles. The summed E-state index contributed by atoms with van der Waals surface area (Å²) in [5.74, 6) is 0. The molecule has 0 aromatic heterocycles. The highest BCUT2D eigenvalue weighted by Crippen LogP contribution is 2.05. The number of carbonyl (C=O) groups excluding carboxylic acids is 1. The average molecular weight is 131 g/mol. The molecule has 0 aliphatic carbocycles. The van der Waals surface area contributed by atoms with Crippen molar-refractivity contribution in [3.63, 3.8) is 0 Å². The average Bonchev–Trinajstić information content (AvgIpc) is 2.65. The monoisotopic (exact) mass is 131 g/mol. The van der Waals surface area contributed by atoms with Gasteiger partial charge in [-0.1, -0.05) is 0 Å². The lowest BCUT2D eigenvalue weighted by molar-refractivity contribution is 0.170. The predicted molar refractivity (Wildman–Crippen MR) is 30.1 cm³/mol. The lowest BCUT2D eigenvalue weighted by Crippen LogP contribution is -2.26. The molecule has 1 saturated heterocycles. The molecule has 1 rings (SSSR count). The van der Waals surface area contributed by atoms with Gasteiger partial charge in [-0.15, -0.1) is 0 Å². The van der Waals surface area contributed by atoms with Crippen LogP contribution in [0, 0.1) is 0 Å². The molecule has 0 bridgehead atoms. The minimum absolute atomic E-state index is 0.226. The molecule has 4 heteroatoms. The van der Waals surface area contributed by atoms with Gasteiger partial charge in [-0.05, 0) is 0 Å². The van der Waals surface area contributed by atoms with Gasteiger partial charge in [-0.3, -0.25) is 0 Å². The Morgan fingerprint density at radius 3 is 3.11 bits per heavy atom. The smallest absolute Gasteiger partial charge is 0.406 e. The molecule has 1 N–H and O–H groups in total. The van der Waals surface area contributed by atoms with Crippen LogP contribution in [-0.4, -0.2) is 32.5 Å². The van der Waals surface area contributed by atoms with E-state index in [-0.39, 0.29) is 6.10 Å². The van der Waals surface area contributed by atoms with Gasteiger partial charge in [0.2, 0.25) is 0 Å². The van der Waals surface area contributed by atoms with Crippen molar-refractivity contribution in [2.24, 2.45) is 0 Å². The van der Waals surface area contributed by atoms with Crippen LogP contribution in [0.1, 0.15) is 0 Å². The first-order valence-electron chi connectivity index (χ1n) is 2.76. The molecule has 0 unspecified atom stereocenters. The van der Waals surface area contributed by atoms with Gasteiger partial charge >= 0.3 is 6.09 Å². The number of rotatable bonds is 2. The summed E-state index contributed by atoms with van der Waals surface area (Å²) in [6, 6.07) is 0. The first-order chi connectivity index (χ1) is 4.33. The van der Waals surface area contributed by atoms with E-state index in [0.717, 1.165) is 6.61 Å². The standard InChI is InChI=1S/C5H9NO3/c1-8-5(7)6-2-4-3-9-4/h4H,2-3H2,1H3,(H,6,7)/t4-/m0/s1. The fourth-order valence-electron chi connectivity index (χ4n) is 0.455. The Balaban J connectivity index is 1.96. The molecule has 1 heterocycles. The van der Waals surface area contributed by atoms with E-state index in [1.807, 2.05) is 0 Å². The number of hydrogen-bond acceptors (Lipinski definition) is 3. The normalized spacial score (nSPS) is 23.0. The van der Waals surface area contributed by atoms with Gasteiger partial charge in [0, 0.05) is 6.54 Å². The fourth-order valence-corrected chi connectivity index (χ4v) is 0.455. The highest BCUT2D eigenvalue weighted by molar-refractivity contribution is 5.66. The van der Waals surface area contributed by atoms with E-state index < -0.39 is 6.09 Å². The predicted octanol–water partition coefficient (Wildman–Crippen LogP) is -0.259. The third-order valence-corrected chi connectivity index (χ3v) is 1.06. The Morgan fingerprint density at radius 1 is 2.00 bits per heavy atom. The zero-order valence-corrected chi connectivity index (χ0v) is 5.22. The van der Waals surface area contributed by atoms with E-state index in [9.17, 15) is 4.79 Å². The molecular formula is C5H9NO3. The number of carbonyl (C=O) groups is 1. The maximum atomic E-state index is 10.4. The fraction of sp³-hybridized carbons (Fsp3) is 0.800. The maximum absolute atomic E-state index is 10.4. The Hall–Kier alpha value is -0.770. The second-order valence-corrected chi connectivity index (χ2v) is 1.83. The lowest BCUT2D eigenvalue weighted by atomic mass is 10.5. The number of hydrogen-bond donors (Lipinski definition) is 1. The van der Waals surface area contributed by atoms with Crippen LogP contribution in [0.15, 0.2) is 0 Å². The van der Waals surface area contributed by atoms with Crippen LogP contribution >= 0.6 is 0 Å². The van der Waals surface area contributed by atoms with Crippen LogP contribution in [-0.2, 0) is 9.47 Å². The van der Waals surface area contributed by atoms with E-state index in [1.54, 1.807) is 0 Å². The van der Waals surface area contributed by atoms with Crippen LogP contribution in [0.2, 0.25) is 0 Å². The van der Waals surface area contributed by atoms with Gasteiger partial charge in [-0.25, -0.2) is 4.79 Å². The van der Waals surface area contributed by atoms with Crippen LogP contribution < -0.4 is 5.32 Å². The Kier molecular flexibility index (Phi) is 1.89. The lowest BCUT2D eigenvalue weighted by Gasteiger charge is -1.98. The van der Waals surface area contributed by atoms with Gasteiger partial charge in [-0.2, -0.15) is 0 Å². The third-order valence-electron chi connectivity index (χ3n) is 1.06. The second-order valence-electron chi connectivity index (χ2n) is 1.83. The molecule has 9 heavy (non-hydrogen) atoms. The van der Waals surface area contributed by atoms with E-state index in [2.05, 4.69) is 10.1 Å². The van der Waals surface area contributed by atoms with E-state index >= 15 is 0 Å². The molecule has 0 aromatic carbocycles. The summed E-state index contributed by atoms with van der Waals surface area (Å²) in [7, 11) is 1.34. The summed E-state index contributed by atoms with van der Waals surface area (Å²) in [5, 5.41) is 2.51. The van der Waals surface area contributed by atoms with Gasteiger partial charge in [0.15, 0.2) is 0 Å². The molecule has 4 nitrogen and oxygen atoms in total. The third kappa shape index (κ3) is 2.32. The topological polar surface area (TPSA) is 50.9 Å². The van der Waals surface area contributed by atoms with E-state index in [0.29, 0.717) is 6.54 Å². The van der Waals surface area contributed by atoms with Crippen molar-refractivity contribution in [3.8, 4) is 0 Å². The SMILES string of the molecule is COC(=O)NC[C@H]1CO1. The number of methoxy groups -OCH3 is 1. The molecule has 1 fully saturated rings. The molecule has 1 aliphatic rings. The molecule has 0 spiro atoms. The van der Waals surface area contributed by atoms with Crippen LogP contribution in [0.4, 0.5) is 4.79 Å². The van der Waals surface area contributed by atoms with Gasteiger partial charge < -0.3 is 14.8 Å². The zero-order chi connectivity index (χ0) is 6.69. The highest BCUT2D eigenvalue weighted by Gasteiger charge is 2.22. The largest absolute Gasteiger partial charge is 0.453 e. The number of amides is 1. The number of nitrogens with one attached hydrogen (secondary N) is 1. The summed E-state index contributed by atoms with van der Waals surface area (Å²) in [5.41, 5.74) is 0. The van der Waals surface area contributed by atoms with Gasteiger partial charge in [0.25, 0.3) is 0 Å². The minimum Gasteiger partial charge on any atom is -0.453 e.